The van der Waals surface area contributed by atoms with Gasteiger partial charge in [-0.2, -0.15) is 9.83 Å². The lowest BCUT2D eigenvalue weighted by Crippen LogP contribution is -2.34. The number of nitriles is 1. The van der Waals surface area contributed by atoms with Crippen molar-refractivity contribution in [2.45, 2.75) is 19.4 Å². The number of aromatic nitrogens is 1. The third kappa shape index (κ3) is 2.15. The number of benzene rings is 2. The molecule has 1 heterocycles. The number of hydrogen-bond donors (Lipinski definition) is 0. The van der Waals surface area contributed by atoms with Crippen LogP contribution in [0.4, 0.5) is 0 Å². The highest BCUT2D eigenvalue weighted by Gasteiger charge is 2.11. The summed E-state index contributed by atoms with van der Waals surface area (Å²) in [5.41, 5.74) is 1.24. The minimum Gasteiger partial charge on any atom is -0.198 e. The summed E-state index contributed by atoms with van der Waals surface area (Å²) in [6.07, 6.45) is 3.69. The number of aryl methyl sites for hydroxylation is 1. The van der Waals surface area contributed by atoms with Gasteiger partial charge in [0, 0.05) is 29.7 Å². The van der Waals surface area contributed by atoms with Crippen LogP contribution in [-0.4, -0.2) is 0 Å². The molecule has 2 heteroatoms. The summed E-state index contributed by atoms with van der Waals surface area (Å²) in [4.78, 5) is 0. The van der Waals surface area contributed by atoms with E-state index in [1.54, 1.807) is 0 Å². The molecule has 19 heavy (non-hydrogen) atoms. The molecular weight excluding hydrogens is 232 g/mol. The van der Waals surface area contributed by atoms with Crippen LogP contribution in [0.25, 0.3) is 21.7 Å². The first-order chi connectivity index (χ1) is 9.40. The smallest absolute Gasteiger partial charge is 0.198 e. The SMILES string of the molecule is N#CCCC[n+]1cc2ccccc2c2ccccc21. The van der Waals surface area contributed by atoms with Crippen LogP contribution in [0.2, 0.25) is 0 Å². The highest BCUT2D eigenvalue weighted by molar-refractivity contribution is 6.03. The first-order valence-corrected chi connectivity index (χ1v) is 6.57. The molecule has 3 aromatic rings. The lowest BCUT2D eigenvalue weighted by molar-refractivity contribution is -0.670. The Labute approximate surface area is 112 Å². The number of hydrogen-bond acceptors (Lipinski definition) is 1. The number of nitrogens with zero attached hydrogens (tertiary/aromatic N) is 2. The van der Waals surface area contributed by atoms with Crippen molar-refractivity contribution in [2.24, 2.45) is 0 Å². The summed E-state index contributed by atoms with van der Waals surface area (Å²) >= 11 is 0. The second-order valence-electron chi connectivity index (χ2n) is 4.69. The molecular formula is C17H15N2+. The van der Waals surface area contributed by atoms with Crippen molar-refractivity contribution in [1.29, 1.82) is 5.26 Å². The fraction of sp³-hybridized carbons (Fsp3) is 0.176. The van der Waals surface area contributed by atoms with Gasteiger partial charge in [-0.1, -0.05) is 30.3 Å². The molecule has 0 unspecified atom stereocenters. The van der Waals surface area contributed by atoms with Gasteiger partial charge in [0.05, 0.1) is 11.5 Å². The van der Waals surface area contributed by atoms with Crippen LogP contribution in [0, 0.1) is 11.3 Å². The lowest BCUT2D eigenvalue weighted by Gasteiger charge is -2.04. The van der Waals surface area contributed by atoms with Gasteiger partial charge >= 0.3 is 0 Å². The quantitative estimate of drug-likeness (QED) is 0.395. The molecule has 0 fully saturated rings. The Hall–Kier alpha value is -2.40. The number of unbranched alkanes of at least 4 members (excludes halogenated alkanes) is 1. The molecule has 3 rings (SSSR count). The molecule has 92 valence electrons. The molecule has 0 saturated carbocycles. The van der Waals surface area contributed by atoms with Gasteiger partial charge in [0.2, 0.25) is 5.52 Å². The van der Waals surface area contributed by atoms with E-state index in [1.807, 2.05) is 0 Å². The number of fused-ring (bicyclic) bond motifs is 3. The average molecular weight is 247 g/mol. The van der Waals surface area contributed by atoms with Gasteiger partial charge < -0.3 is 0 Å². The van der Waals surface area contributed by atoms with E-state index in [0.717, 1.165) is 13.0 Å². The first kappa shape index (κ1) is 11.7. The van der Waals surface area contributed by atoms with Crippen LogP contribution in [0.15, 0.2) is 54.7 Å². The maximum atomic E-state index is 8.67. The Kier molecular flexibility index (Phi) is 3.12. The van der Waals surface area contributed by atoms with Gasteiger partial charge in [0.25, 0.3) is 0 Å². The molecule has 0 amide bonds. The number of rotatable bonds is 3. The number of pyridine rings is 1. The monoisotopic (exact) mass is 247 g/mol. The molecule has 0 saturated heterocycles. The largest absolute Gasteiger partial charge is 0.213 e. The van der Waals surface area contributed by atoms with Gasteiger partial charge in [-0.3, -0.25) is 0 Å². The minimum absolute atomic E-state index is 0.605. The second-order valence-corrected chi connectivity index (χ2v) is 4.69. The van der Waals surface area contributed by atoms with E-state index in [1.165, 1.54) is 21.7 Å². The van der Waals surface area contributed by atoms with Crippen LogP contribution < -0.4 is 4.57 Å². The average Bonchev–Trinajstić information content (AvgIpc) is 2.47. The van der Waals surface area contributed by atoms with Crippen LogP contribution in [0.1, 0.15) is 12.8 Å². The van der Waals surface area contributed by atoms with Crippen molar-refractivity contribution in [3.05, 3.63) is 54.7 Å². The Morgan fingerprint density at radius 1 is 0.947 bits per heavy atom. The predicted molar refractivity (Wildman–Crippen MR) is 76.5 cm³/mol. The second kappa shape index (κ2) is 5.07. The summed E-state index contributed by atoms with van der Waals surface area (Å²) in [5, 5.41) is 12.5. The highest BCUT2D eigenvalue weighted by atomic mass is 14.9. The summed E-state index contributed by atoms with van der Waals surface area (Å²) in [6.45, 7) is 0.888. The van der Waals surface area contributed by atoms with Gasteiger partial charge in [-0.15, -0.1) is 0 Å². The molecule has 0 aliphatic rings. The third-order valence-electron chi connectivity index (χ3n) is 3.45. The van der Waals surface area contributed by atoms with Crippen LogP contribution in [0.5, 0.6) is 0 Å². The fourth-order valence-electron chi connectivity index (χ4n) is 2.56. The Morgan fingerprint density at radius 2 is 1.68 bits per heavy atom. The van der Waals surface area contributed by atoms with Crippen molar-refractivity contribution in [3.63, 3.8) is 0 Å². The fourth-order valence-corrected chi connectivity index (χ4v) is 2.56. The van der Waals surface area contributed by atoms with E-state index in [-0.39, 0.29) is 0 Å². The topological polar surface area (TPSA) is 27.7 Å². The molecule has 0 aliphatic carbocycles. The molecule has 0 aliphatic heterocycles. The van der Waals surface area contributed by atoms with Crippen LogP contribution in [-0.2, 0) is 6.54 Å². The molecule has 2 aromatic carbocycles. The van der Waals surface area contributed by atoms with E-state index in [0.29, 0.717) is 6.42 Å². The zero-order valence-electron chi connectivity index (χ0n) is 10.7. The minimum atomic E-state index is 0.605. The van der Waals surface area contributed by atoms with E-state index in [4.69, 9.17) is 5.26 Å². The summed E-state index contributed by atoms with van der Waals surface area (Å²) in [7, 11) is 0. The van der Waals surface area contributed by atoms with Crippen molar-refractivity contribution >= 4 is 21.7 Å². The van der Waals surface area contributed by atoms with E-state index in [2.05, 4.69) is 65.4 Å². The predicted octanol–water partition coefficient (Wildman–Crippen LogP) is 3.58. The third-order valence-corrected chi connectivity index (χ3v) is 3.45. The molecule has 0 N–H and O–H groups in total. The molecule has 0 atom stereocenters. The maximum absolute atomic E-state index is 8.67. The summed E-state index contributed by atoms with van der Waals surface area (Å²) < 4.78 is 2.26. The first-order valence-electron chi connectivity index (χ1n) is 6.57. The maximum Gasteiger partial charge on any atom is 0.213 e. The van der Waals surface area contributed by atoms with Gasteiger partial charge in [0.1, 0.15) is 6.54 Å². The van der Waals surface area contributed by atoms with E-state index in [9.17, 15) is 0 Å². The lowest BCUT2D eigenvalue weighted by atomic mass is 10.1. The Morgan fingerprint density at radius 3 is 2.53 bits per heavy atom. The van der Waals surface area contributed by atoms with Crippen molar-refractivity contribution in [1.82, 2.24) is 0 Å². The molecule has 0 bridgehead atoms. The van der Waals surface area contributed by atoms with E-state index >= 15 is 0 Å². The zero-order valence-corrected chi connectivity index (χ0v) is 10.7. The summed E-state index contributed by atoms with van der Waals surface area (Å²) in [5.74, 6) is 0. The molecule has 0 spiro atoms. The normalized spacial score (nSPS) is 10.7. The van der Waals surface area contributed by atoms with E-state index < -0.39 is 0 Å². The van der Waals surface area contributed by atoms with Crippen molar-refractivity contribution in [2.75, 3.05) is 0 Å². The number of para-hydroxylation sites is 1. The molecule has 2 nitrogen and oxygen atoms in total. The van der Waals surface area contributed by atoms with Crippen molar-refractivity contribution < 1.29 is 4.57 Å². The summed E-state index contributed by atoms with van der Waals surface area (Å²) in [6, 6.07) is 19.1. The zero-order chi connectivity index (χ0) is 13.1. The Balaban J connectivity index is 2.21. The molecule has 1 aromatic heterocycles. The van der Waals surface area contributed by atoms with Crippen LogP contribution >= 0.6 is 0 Å². The Bertz CT molecular complexity index is 769. The molecule has 0 radical (unpaired) electrons. The van der Waals surface area contributed by atoms with Gasteiger partial charge in [-0.25, -0.2) is 0 Å². The standard InChI is InChI=1S/C17H15N2/c18-11-5-6-12-19-13-14-7-1-2-8-15(14)16-9-3-4-10-17(16)19/h1-4,7-10,13H,5-6,12H2/q+1. The van der Waals surface area contributed by atoms with Gasteiger partial charge in [0.15, 0.2) is 6.20 Å². The highest BCUT2D eigenvalue weighted by Crippen LogP contribution is 2.21. The van der Waals surface area contributed by atoms with Gasteiger partial charge in [-0.05, 0) is 12.1 Å². The van der Waals surface area contributed by atoms with Crippen LogP contribution in [0.3, 0.4) is 0 Å². The van der Waals surface area contributed by atoms with Crippen molar-refractivity contribution in [3.8, 4) is 6.07 Å².